The highest BCUT2D eigenvalue weighted by atomic mass is 16.6. The molecular formula is C42H62N6O9. The summed E-state index contributed by atoms with van der Waals surface area (Å²) in [5, 5.41) is 10.7. The number of hydrogen-bond acceptors (Lipinski definition) is 9. The predicted octanol–water partition coefficient (Wildman–Crippen LogP) is 3.16. The quantitative estimate of drug-likeness (QED) is 0.205. The summed E-state index contributed by atoms with van der Waals surface area (Å²) in [5.74, 6) is -4.31. The Labute approximate surface area is 336 Å². The van der Waals surface area contributed by atoms with Crippen molar-refractivity contribution < 1.29 is 43.0 Å². The molecule has 1 aromatic rings. The zero-order valence-corrected chi connectivity index (χ0v) is 34.8. The Balaban J connectivity index is 1.33. The van der Waals surface area contributed by atoms with Crippen LogP contribution in [0.4, 0.5) is 4.79 Å². The molecule has 15 nitrogen and oxygen atoms in total. The normalized spacial score (nSPS) is 23.9. The van der Waals surface area contributed by atoms with Crippen LogP contribution in [0.25, 0.3) is 0 Å². The smallest absolute Gasteiger partial charge is 0.408 e. The lowest BCUT2D eigenvalue weighted by atomic mass is 9.70. The molecule has 5 rings (SSSR count). The van der Waals surface area contributed by atoms with E-state index in [0.717, 1.165) is 32.1 Å². The standard InChI is InChI=1S/C42H62N6O9/c1-40(2,3)57-39(55)46-34(42(6)19-13-10-14-20-42)38(54)48-24-29-27(22-41(4,5)56-29)32(48)35(51)44-28(21-25-17-18-25)33(50)36(52)43-23-30(49)45-31(37(53)47(7)8)26-15-11-9-12-16-26/h9,11-12,15-16,25,27-29,31-32,34H,10,13-14,17-24H2,1-8H3,(H,43,52)(H,44,51)(H,45,49)(H,46,55)/t27-,28?,29-,31-,32-,34+/m0/s1. The number of amides is 6. The number of ether oxygens (including phenoxy) is 2. The number of nitrogens with zero attached hydrogens (tertiary/aromatic N) is 2. The Morgan fingerprint density at radius 2 is 1.58 bits per heavy atom. The van der Waals surface area contributed by atoms with Crippen LogP contribution in [-0.2, 0) is 38.2 Å². The maximum absolute atomic E-state index is 14.8. The van der Waals surface area contributed by atoms with Gasteiger partial charge < -0.3 is 40.5 Å². The number of likely N-dealkylation sites (N-methyl/N-ethyl adjacent to an activating group) is 1. The molecule has 6 amide bonds. The van der Waals surface area contributed by atoms with Crippen LogP contribution in [0.5, 0.6) is 0 Å². The number of fused-ring (bicyclic) bond motifs is 1. The van der Waals surface area contributed by atoms with Crippen molar-refractivity contribution >= 4 is 41.4 Å². The molecule has 6 atom stereocenters. The van der Waals surface area contributed by atoms with Crippen LogP contribution in [0.1, 0.15) is 111 Å². The number of carbonyl (C=O) groups excluding carboxylic acids is 7. The molecule has 0 aromatic heterocycles. The van der Waals surface area contributed by atoms with E-state index in [4.69, 9.17) is 9.47 Å². The van der Waals surface area contributed by atoms with E-state index in [-0.39, 0.29) is 24.8 Å². The third-order valence-electron chi connectivity index (χ3n) is 11.6. The number of benzene rings is 1. The Bertz CT molecular complexity index is 1680. The Hall–Kier alpha value is -4.53. The van der Waals surface area contributed by atoms with E-state index in [1.165, 1.54) is 9.80 Å². The Morgan fingerprint density at radius 1 is 0.930 bits per heavy atom. The molecule has 0 bridgehead atoms. The number of ketones is 1. The second kappa shape index (κ2) is 17.5. The van der Waals surface area contributed by atoms with Gasteiger partial charge in [0.2, 0.25) is 29.4 Å². The van der Waals surface area contributed by atoms with Gasteiger partial charge in [-0.15, -0.1) is 0 Å². The van der Waals surface area contributed by atoms with E-state index >= 15 is 0 Å². The highest BCUT2D eigenvalue weighted by Gasteiger charge is 2.57. The van der Waals surface area contributed by atoms with Crippen LogP contribution in [0, 0.1) is 17.3 Å². The van der Waals surface area contributed by atoms with Crippen LogP contribution < -0.4 is 21.3 Å². The number of alkyl carbamates (subject to hydrolysis) is 1. The van der Waals surface area contributed by atoms with Crippen LogP contribution in [0.15, 0.2) is 30.3 Å². The minimum atomic E-state index is -1.21. The fourth-order valence-electron chi connectivity index (χ4n) is 8.59. The summed E-state index contributed by atoms with van der Waals surface area (Å²) in [7, 11) is 3.13. The Kier molecular flexibility index (Phi) is 13.4. The Morgan fingerprint density at radius 3 is 2.18 bits per heavy atom. The fourth-order valence-corrected chi connectivity index (χ4v) is 8.59. The average Bonchev–Trinajstić information content (AvgIpc) is 3.82. The maximum Gasteiger partial charge on any atom is 0.408 e. The van der Waals surface area contributed by atoms with Gasteiger partial charge in [0.1, 0.15) is 23.7 Å². The van der Waals surface area contributed by atoms with Crippen LogP contribution in [-0.4, -0.2) is 114 Å². The topological polar surface area (TPSA) is 193 Å². The summed E-state index contributed by atoms with van der Waals surface area (Å²) in [4.78, 5) is 98.4. The molecule has 2 saturated carbocycles. The second-order valence-electron chi connectivity index (χ2n) is 18.4. The zero-order valence-electron chi connectivity index (χ0n) is 34.8. The highest BCUT2D eigenvalue weighted by molar-refractivity contribution is 6.38. The van der Waals surface area contributed by atoms with Crippen molar-refractivity contribution in [1.29, 1.82) is 0 Å². The van der Waals surface area contributed by atoms with Crippen LogP contribution >= 0.6 is 0 Å². The van der Waals surface area contributed by atoms with Gasteiger partial charge in [0.25, 0.3) is 5.91 Å². The third kappa shape index (κ3) is 11.1. The molecule has 0 radical (unpaired) electrons. The fraction of sp³-hybridized carbons (Fsp3) is 0.690. The lowest BCUT2D eigenvalue weighted by Crippen LogP contribution is -2.61. The summed E-state index contributed by atoms with van der Waals surface area (Å²) in [5.41, 5.74) is -1.41. The molecule has 4 N–H and O–H groups in total. The first-order valence-electron chi connectivity index (χ1n) is 20.3. The first-order valence-corrected chi connectivity index (χ1v) is 20.3. The van der Waals surface area contributed by atoms with Gasteiger partial charge in [0, 0.05) is 26.6 Å². The maximum atomic E-state index is 14.8. The molecular weight excluding hydrogens is 732 g/mol. The van der Waals surface area contributed by atoms with Crippen LogP contribution in [0.3, 0.4) is 0 Å². The largest absolute Gasteiger partial charge is 0.444 e. The lowest BCUT2D eigenvalue weighted by molar-refractivity contribution is -0.146. The van der Waals surface area contributed by atoms with E-state index in [1.807, 2.05) is 20.8 Å². The lowest BCUT2D eigenvalue weighted by Gasteiger charge is -2.42. The molecule has 57 heavy (non-hydrogen) atoms. The van der Waals surface area contributed by atoms with Gasteiger partial charge in [0.05, 0.1) is 24.3 Å². The van der Waals surface area contributed by atoms with Crippen molar-refractivity contribution in [3.05, 3.63) is 35.9 Å². The highest BCUT2D eigenvalue weighted by Crippen LogP contribution is 2.45. The minimum Gasteiger partial charge on any atom is -0.444 e. The molecule has 15 heteroatoms. The first kappa shape index (κ1) is 43.6. The van der Waals surface area contributed by atoms with E-state index in [0.29, 0.717) is 24.8 Å². The van der Waals surface area contributed by atoms with Crippen molar-refractivity contribution in [3.63, 3.8) is 0 Å². The number of rotatable bonds is 14. The summed E-state index contributed by atoms with van der Waals surface area (Å²) >= 11 is 0. The van der Waals surface area contributed by atoms with Crippen molar-refractivity contribution in [2.75, 3.05) is 27.2 Å². The molecule has 2 heterocycles. The molecule has 4 fully saturated rings. The molecule has 314 valence electrons. The first-order chi connectivity index (χ1) is 26.7. The van der Waals surface area contributed by atoms with E-state index in [2.05, 4.69) is 21.3 Å². The monoisotopic (exact) mass is 794 g/mol. The number of likely N-dealkylation sites (tertiary alicyclic amines) is 1. The van der Waals surface area contributed by atoms with Gasteiger partial charge in [-0.05, 0) is 77.2 Å². The molecule has 2 aliphatic heterocycles. The molecule has 1 unspecified atom stereocenters. The van der Waals surface area contributed by atoms with Crippen molar-refractivity contribution in [2.45, 2.75) is 141 Å². The number of nitrogens with one attached hydrogen (secondary N) is 4. The van der Waals surface area contributed by atoms with Gasteiger partial charge in [-0.25, -0.2) is 4.79 Å². The summed E-state index contributed by atoms with van der Waals surface area (Å²) in [6.45, 7) is 10.6. The number of carbonyl (C=O) groups is 7. The summed E-state index contributed by atoms with van der Waals surface area (Å²) in [6, 6.07) is 4.44. The van der Waals surface area contributed by atoms with Gasteiger partial charge in [0.15, 0.2) is 0 Å². The molecule has 2 saturated heterocycles. The van der Waals surface area contributed by atoms with Crippen molar-refractivity contribution in [1.82, 2.24) is 31.1 Å². The predicted molar refractivity (Wildman–Crippen MR) is 210 cm³/mol. The van der Waals surface area contributed by atoms with Gasteiger partial charge in [-0.1, -0.05) is 69.4 Å². The minimum absolute atomic E-state index is 0.116. The molecule has 1 aromatic carbocycles. The van der Waals surface area contributed by atoms with Crippen molar-refractivity contribution in [2.24, 2.45) is 17.3 Å². The zero-order chi connectivity index (χ0) is 41.9. The third-order valence-corrected chi connectivity index (χ3v) is 11.6. The van der Waals surface area contributed by atoms with E-state index in [1.54, 1.807) is 65.2 Å². The van der Waals surface area contributed by atoms with E-state index in [9.17, 15) is 33.6 Å². The SMILES string of the molecule is CN(C)C(=O)[C@@H](NC(=O)CNC(=O)C(=O)C(CC1CC1)NC(=O)[C@@H]1[C@H]2CC(C)(C)O[C@H]2CN1C(=O)[C@@H](NC(=O)OC(C)(C)C)C1(C)CCCCC1)c1ccccc1. The molecule has 2 aliphatic carbocycles. The van der Waals surface area contributed by atoms with Crippen LogP contribution in [0.2, 0.25) is 0 Å². The van der Waals surface area contributed by atoms with Gasteiger partial charge in [-0.3, -0.25) is 28.8 Å². The van der Waals surface area contributed by atoms with Gasteiger partial charge >= 0.3 is 6.09 Å². The molecule has 0 spiro atoms. The van der Waals surface area contributed by atoms with Crippen molar-refractivity contribution in [3.8, 4) is 0 Å². The molecule has 4 aliphatic rings. The second-order valence-corrected chi connectivity index (χ2v) is 18.4. The summed E-state index contributed by atoms with van der Waals surface area (Å²) in [6.07, 6.45) is 5.37. The average molecular weight is 795 g/mol. The van der Waals surface area contributed by atoms with E-state index < -0.39 is 94.9 Å². The summed E-state index contributed by atoms with van der Waals surface area (Å²) < 4.78 is 11.9. The van der Waals surface area contributed by atoms with Gasteiger partial charge in [-0.2, -0.15) is 0 Å². The number of Topliss-reactive ketones (excluding diaryl/α,β-unsaturated/α-hetero) is 1. The number of hydrogen-bond donors (Lipinski definition) is 4.